The third-order valence-corrected chi connectivity index (χ3v) is 4.69. The Morgan fingerprint density at radius 2 is 2.04 bits per heavy atom. The zero-order valence-electron chi connectivity index (χ0n) is 15.4. The highest BCUT2D eigenvalue weighted by Crippen LogP contribution is 2.22. The average molecular weight is 424 g/mol. The fourth-order valence-corrected chi connectivity index (χ4v) is 3.31. The Kier molecular flexibility index (Phi) is 7.56. The van der Waals surface area contributed by atoms with Gasteiger partial charge in [-0.2, -0.15) is 0 Å². The van der Waals surface area contributed by atoms with Crippen molar-refractivity contribution in [1.82, 2.24) is 30.3 Å². The van der Waals surface area contributed by atoms with Gasteiger partial charge in [0.25, 0.3) is 5.91 Å². The number of hydrogen-bond donors (Lipinski definition) is 3. The van der Waals surface area contributed by atoms with Crippen LogP contribution in [0.15, 0.2) is 36.7 Å². The molecule has 0 unspecified atom stereocenters. The molecule has 0 bridgehead atoms. The van der Waals surface area contributed by atoms with E-state index in [0.29, 0.717) is 17.4 Å². The summed E-state index contributed by atoms with van der Waals surface area (Å²) >= 11 is 0. The van der Waals surface area contributed by atoms with E-state index in [1.165, 1.54) is 0 Å². The number of H-pyrrole nitrogens is 1. The second-order valence-electron chi connectivity index (χ2n) is 6.42. The monoisotopic (exact) mass is 423 g/mol. The van der Waals surface area contributed by atoms with Crippen LogP contribution in [-0.4, -0.2) is 44.0 Å². The molecule has 8 nitrogen and oxygen atoms in total. The van der Waals surface area contributed by atoms with Crippen LogP contribution >= 0.6 is 24.8 Å². The normalized spacial score (nSPS) is 14.0. The number of aromatic amines is 1. The first-order valence-corrected chi connectivity index (χ1v) is 8.76. The van der Waals surface area contributed by atoms with Crippen molar-refractivity contribution in [2.24, 2.45) is 0 Å². The van der Waals surface area contributed by atoms with Gasteiger partial charge in [0.15, 0.2) is 5.69 Å². The lowest BCUT2D eigenvalue weighted by atomic mass is 10.1. The number of hydrogen-bond acceptors (Lipinski definition) is 5. The number of halogens is 2. The summed E-state index contributed by atoms with van der Waals surface area (Å²) in [6.45, 7) is 3.83. The summed E-state index contributed by atoms with van der Waals surface area (Å²) in [5.74, 6) is 0.508. The highest BCUT2D eigenvalue weighted by Gasteiger charge is 2.23. The van der Waals surface area contributed by atoms with Crippen LogP contribution < -0.4 is 10.6 Å². The Labute approximate surface area is 175 Å². The van der Waals surface area contributed by atoms with E-state index in [4.69, 9.17) is 0 Å². The number of amides is 1. The Morgan fingerprint density at radius 3 is 2.75 bits per heavy atom. The van der Waals surface area contributed by atoms with Gasteiger partial charge in [0.1, 0.15) is 5.82 Å². The molecule has 0 spiro atoms. The molecule has 1 aliphatic rings. The van der Waals surface area contributed by atoms with Crippen molar-refractivity contribution >= 4 is 36.4 Å². The zero-order chi connectivity index (χ0) is 17.9. The first kappa shape index (κ1) is 21.9. The SMILES string of the molecule is Cc1c(C(=O)Nc2cccc(-c3ncc[nH]3)c2)nnn1C1CCNCC1.Cl.Cl. The van der Waals surface area contributed by atoms with Crippen LogP contribution in [0.5, 0.6) is 0 Å². The van der Waals surface area contributed by atoms with Crippen molar-refractivity contribution < 1.29 is 4.79 Å². The number of piperidine rings is 1. The summed E-state index contributed by atoms with van der Waals surface area (Å²) in [5, 5.41) is 14.6. The summed E-state index contributed by atoms with van der Waals surface area (Å²) in [6, 6.07) is 7.84. The third kappa shape index (κ3) is 4.52. The zero-order valence-corrected chi connectivity index (χ0v) is 17.0. The molecule has 4 rings (SSSR count). The van der Waals surface area contributed by atoms with Crippen LogP contribution in [-0.2, 0) is 0 Å². The van der Waals surface area contributed by atoms with E-state index in [2.05, 4.69) is 30.9 Å². The molecule has 0 aliphatic carbocycles. The molecule has 1 aromatic carbocycles. The summed E-state index contributed by atoms with van der Waals surface area (Å²) in [5.41, 5.74) is 2.77. The minimum atomic E-state index is -0.251. The Bertz CT molecular complexity index is 905. The number of imidazole rings is 1. The van der Waals surface area contributed by atoms with E-state index < -0.39 is 0 Å². The van der Waals surface area contributed by atoms with Gasteiger partial charge < -0.3 is 15.6 Å². The number of benzene rings is 1. The number of nitrogens with zero attached hydrogens (tertiary/aromatic N) is 4. The van der Waals surface area contributed by atoms with Crippen molar-refractivity contribution in [2.75, 3.05) is 18.4 Å². The van der Waals surface area contributed by atoms with Crippen LogP contribution in [0.2, 0.25) is 0 Å². The van der Waals surface area contributed by atoms with E-state index in [0.717, 1.165) is 43.0 Å². The molecular formula is C18H23Cl2N7O. The third-order valence-electron chi connectivity index (χ3n) is 4.69. The van der Waals surface area contributed by atoms with Gasteiger partial charge in [-0.3, -0.25) is 4.79 Å². The minimum Gasteiger partial charge on any atom is -0.345 e. The molecule has 1 fully saturated rings. The molecule has 0 saturated carbocycles. The maximum Gasteiger partial charge on any atom is 0.278 e. The minimum absolute atomic E-state index is 0. The largest absolute Gasteiger partial charge is 0.345 e. The maximum atomic E-state index is 12.7. The number of nitrogens with one attached hydrogen (secondary N) is 3. The van der Waals surface area contributed by atoms with E-state index in [9.17, 15) is 4.79 Å². The van der Waals surface area contributed by atoms with Crippen molar-refractivity contribution in [1.29, 1.82) is 0 Å². The van der Waals surface area contributed by atoms with Crippen molar-refractivity contribution in [3.8, 4) is 11.4 Å². The van der Waals surface area contributed by atoms with E-state index >= 15 is 0 Å². The lowest BCUT2D eigenvalue weighted by Crippen LogP contribution is -2.30. The molecule has 150 valence electrons. The fourth-order valence-electron chi connectivity index (χ4n) is 3.31. The highest BCUT2D eigenvalue weighted by atomic mass is 35.5. The van der Waals surface area contributed by atoms with Gasteiger partial charge >= 0.3 is 0 Å². The number of aromatic nitrogens is 5. The van der Waals surface area contributed by atoms with Gasteiger partial charge in [0.05, 0.1) is 11.7 Å². The van der Waals surface area contributed by atoms with Crippen molar-refractivity contribution in [3.05, 3.63) is 48.0 Å². The van der Waals surface area contributed by atoms with Gasteiger partial charge in [-0.1, -0.05) is 17.3 Å². The van der Waals surface area contributed by atoms with Crippen LogP contribution in [0.3, 0.4) is 0 Å². The molecule has 3 N–H and O–H groups in total. The molecule has 3 heterocycles. The van der Waals surface area contributed by atoms with Crippen LogP contribution in [0.1, 0.15) is 35.1 Å². The molecule has 3 aromatic rings. The Morgan fingerprint density at radius 1 is 1.25 bits per heavy atom. The van der Waals surface area contributed by atoms with Gasteiger partial charge in [0, 0.05) is 23.6 Å². The lowest BCUT2D eigenvalue weighted by molar-refractivity contribution is 0.102. The molecule has 2 aromatic heterocycles. The van der Waals surface area contributed by atoms with Crippen molar-refractivity contribution in [3.63, 3.8) is 0 Å². The Hall–Kier alpha value is -2.42. The van der Waals surface area contributed by atoms with Crippen LogP contribution in [0.25, 0.3) is 11.4 Å². The average Bonchev–Trinajstić information content (AvgIpc) is 3.32. The number of carbonyl (C=O) groups is 1. The fraction of sp³-hybridized carbons (Fsp3) is 0.333. The lowest BCUT2D eigenvalue weighted by Gasteiger charge is -2.23. The predicted octanol–water partition coefficient (Wildman–Crippen LogP) is 3.00. The standard InChI is InChI=1S/C18H21N7O.2ClH/c1-12-16(23-24-25(12)15-5-7-19-8-6-15)18(26)22-14-4-2-3-13(11-14)17-20-9-10-21-17;;/h2-4,9-11,15,19H,5-8H2,1H3,(H,20,21)(H,22,26);2*1H. The second kappa shape index (κ2) is 9.68. The molecular weight excluding hydrogens is 401 g/mol. The van der Waals surface area contributed by atoms with Crippen LogP contribution in [0.4, 0.5) is 5.69 Å². The molecule has 0 radical (unpaired) electrons. The molecule has 0 atom stereocenters. The molecule has 28 heavy (non-hydrogen) atoms. The predicted molar refractivity (Wildman–Crippen MR) is 112 cm³/mol. The van der Waals surface area contributed by atoms with E-state index in [-0.39, 0.29) is 30.7 Å². The van der Waals surface area contributed by atoms with Crippen LogP contribution in [0, 0.1) is 6.92 Å². The topological polar surface area (TPSA) is 101 Å². The second-order valence-corrected chi connectivity index (χ2v) is 6.42. The van der Waals surface area contributed by atoms with E-state index in [1.54, 1.807) is 12.4 Å². The first-order chi connectivity index (χ1) is 12.7. The smallest absolute Gasteiger partial charge is 0.278 e. The van der Waals surface area contributed by atoms with Gasteiger partial charge in [0.2, 0.25) is 0 Å². The summed E-state index contributed by atoms with van der Waals surface area (Å²) in [6.07, 6.45) is 5.46. The van der Waals surface area contributed by atoms with Gasteiger partial charge in [-0.05, 0) is 45.0 Å². The highest BCUT2D eigenvalue weighted by molar-refractivity contribution is 6.03. The molecule has 1 amide bonds. The summed E-state index contributed by atoms with van der Waals surface area (Å²) < 4.78 is 1.88. The number of anilines is 1. The number of carbonyl (C=O) groups excluding carboxylic acids is 1. The molecule has 1 aliphatic heterocycles. The summed E-state index contributed by atoms with van der Waals surface area (Å²) in [4.78, 5) is 20.0. The van der Waals surface area contributed by atoms with Gasteiger partial charge in [-0.15, -0.1) is 29.9 Å². The quantitative estimate of drug-likeness (QED) is 0.598. The van der Waals surface area contributed by atoms with Gasteiger partial charge in [-0.25, -0.2) is 9.67 Å². The summed E-state index contributed by atoms with van der Waals surface area (Å²) in [7, 11) is 0. The molecule has 1 saturated heterocycles. The molecule has 10 heteroatoms. The van der Waals surface area contributed by atoms with E-state index in [1.807, 2.05) is 35.9 Å². The first-order valence-electron chi connectivity index (χ1n) is 8.76. The number of rotatable bonds is 4. The Balaban J connectivity index is 0.00000140. The maximum absolute atomic E-state index is 12.7. The van der Waals surface area contributed by atoms with Crippen molar-refractivity contribution in [2.45, 2.75) is 25.8 Å².